The fourth-order valence-electron chi connectivity index (χ4n) is 2.04. The zero-order chi connectivity index (χ0) is 13.1. The van der Waals surface area contributed by atoms with Crippen LogP contribution in [-0.2, 0) is 0 Å². The van der Waals surface area contributed by atoms with Gasteiger partial charge in [-0.1, -0.05) is 0 Å². The fraction of sp³-hybridized carbons (Fsp3) is 0.571. The fourth-order valence-corrected chi connectivity index (χ4v) is 2.04. The lowest BCUT2D eigenvalue weighted by molar-refractivity contribution is 0.0697. The van der Waals surface area contributed by atoms with E-state index in [2.05, 4.69) is 24.1 Å². The maximum atomic E-state index is 12.6. The van der Waals surface area contributed by atoms with E-state index in [1.165, 1.54) is 12.8 Å². The van der Waals surface area contributed by atoms with E-state index in [0.29, 0.717) is 11.5 Å². The molecule has 1 fully saturated rings. The number of nitrogens with one attached hydrogen (secondary N) is 1. The van der Waals surface area contributed by atoms with E-state index in [1.54, 1.807) is 18.5 Å². The van der Waals surface area contributed by atoms with Crippen molar-refractivity contribution in [1.29, 1.82) is 0 Å². The number of aromatic nitrogens is 1. The van der Waals surface area contributed by atoms with Crippen molar-refractivity contribution >= 4 is 11.6 Å². The second kappa shape index (κ2) is 5.38. The van der Waals surface area contributed by atoms with Crippen molar-refractivity contribution in [2.75, 3.05) is 18.9 Å². The van der Waals surface area contributed by atoms with Gasteiger partial charge in [0.15, 0.2) is 0 Å². The molecule has 0 aliphatic heterocycles. The van der Waals surface area contributed by atoms with Crippen molar-refractivity contribution in [3.63, 3.8) is 0 Å². The molecule has 1 N–H and O–H groups in total. The van der Waals surface area contributed by atoms with Crippen LogP contribution >= 0.6 is 0 Å². The summed E-state index contributed by atoms with van der Waals surface area (Å²) < 4.78 is 0. The first kappa shape index (κ1) is 12.9. The van der Waals surface area contributed by atoms with Crippen LogP contribution in [0.1, 0.15) is 37.0 Å². The molecule has 0 bridgehead atoms. The molecule has 1 amide bonds. The Kier molecular flexibility index (Phi) is 3.84. The third kappa shape index (κ3) is 2.81. The largest absolute Gasteiger partial charge is 0.386 e. The van der Waals surface area contributed by atoms with E-state index >= 15 is 0 Å². The topological polar surface area (TPSA) is 45.2 Å². The minimum Gasteiger partial charge on any atom is -0.386 e. The maximum Gasteiger partial charge on any atom is 0.256 e. The number of rotatable bonds is 5. The highest BCUT2D eigenvalue weighted by Gasteiger charge is 2.29. The molecule has 18 heavy (non-hydrogen) atoms. The lowest BCUT2D eigenvalue weighted by atomic mass is 10.1. The van der Waals surface area contributed by atoms with Crippen LogP contribution in [0.2, 0.25) is 0 Å². The van der Waals surface area contributed by atoms with Gasteiger partial charge in [-0.2, -0.15) is 0 Å². The smallest absolute Gasteiger partial charge is 0.256 e. The molecule has 0 unspecified atom stereocenters. The van der Waals surface area contributed by atoms with E-state index in [4.69, 9.17) is 0 Å². The molecule has 0 atom stereocenters. The van der Waals surface area contributed by atoms with E-state index < -0.39 is 0 Å². The van der Waals surface area contributed by atoms with E-state index in [1.807, 2.05) is 11.9 Å². The monoisotopic (exact) mass is 247 g/mol. The Morgan fingerprint density at radius 1 is 1.56 bits per heavy atom. The predicted molar refractivity (Wildman–Crippen MR) is 72.7 cm³/mol. The molecule has 1 aliphatic carbocycles. The van der Waals surface area contributed by atoms with Crippen molar-refractivity contribution in [2.45, 2.75) is 32.7 Å². The van der Waals surface area contributed by atoms with Gasteiger partial charge in [0.1, 0.15) is 0 Å². The Bertz CT molecular complexity index is 427. The molecule has 0 aromatic carbocycles. The minimum atomic E-state index is 0.101. The van der Waals surface area contributed by atoms with Crippen molar-refractivity contribution in [3.05, 3.63) is 24.0 Å². The standard InChI is InChI=1S/C14H21N3O/c1-10(2)17(9-11-4-5-11)14(18)12-6-7-16-8-13(12)15-3/h6-8,10-11,15H,4-5,9H2,1-3H3. The van der Waals surface area contributed by atoms with Gasteiger partial charge in [0.2, 0.25) is 0 Å². The van der Waals surface area contributed by atoms with E-state index in [9.17, 15) is 4.79 Å². The quantitative estimate of drug-likeness (QED) is 0.869. The third-order valence-corrected chi connectivity index (χ3v) is 3.36. The van der Waals surface area contributed by atoms with Gasteiger partial charge in [0.05, 0.1) is 17.4 Å². The van der Waals surface area contributed by atoms with Gasteiger partial charge in [-0.3, -0.25) is 9.78 Å². The summed E-state index contributed by atoms with van der Waals surface area (Å²) in [6.45, 7) is 5.02. The summed E-state index contributed by atoms with van der Waals surface area (Å²) in [5, 5.41) is 3.03. The lowest BCUT2D eigenvalue weighted by Crippen LogP contribution is -2.38. The number of hydrogen-bond donors (Lipinski definition) is 1. The Labute approximate surface area is 108 Å². The summed E-state index contributed by atoms with van der Waals surface area (Å²) in [6, 6.07) is 2.02. The highest BCUT2D eigenvalue weighted by molar-refractivity contribution is 5.99. The van der Waals surface area contributed by atoms with Crippen molar-refractivity contribution in [2.24, 2.45) is 5.92 Å². The SMILES string of the molecule is CNc1cnccc1C(=O)N(CC1CC1)C(C)C. The normalized spacial score (nSPS) is 14.7. The molecule has 4 nitrogen and oxygen atoms in total. The van der Waals surface area contributed by atoms with E-state index in [0.717, 1.165) is 12.2 Å². The van der Waals surface area contributed by atoms with Crippen LogP contribution in [0.5, 0.6) is 0 Å². The van der Waals surface area contributed by atoms with Gasteiger partial charge in [0.25, 0.3) is 5.91 Å². The molecule has 4 heteroatoms. The first-order valence-electron chi connectivity index (χ1n) is 6.56. The molecule has 2 rings (SSSR count). The number of amides is 1. The zero-order valence-corrected chi connectivity index (χ0v) is 11.3. The average molecular weight is 247 g/mol. The van der Waals surface area contributed by atoms with Crippen LogP contribution in [0.4, 0.5) is 5.69 Å². The highest BCUT2D eigenvalue weighted by Crippen LogP contribution is 2.31. The molecule has 0 spiro atoms. The molecule has 1 aliphatic rings. The second-order valence-electron chi connectivity index (χ2n) is 5.17. The number of carbonyl (C=O) groups excluding carboxylic acids is 1. The molecule has 0 saturated heterocycles. The van der Waals surface area contributed by atoms with Crippen molar-refractivity contribution in [3.8, 4) is 0 Å². The van der Waals surface area contributed by atoms with Crippen LogP contribution in [0.15, 0.2) is 18.5 Å². The zero-order valence-electron chi connectivity index (χ0n) is 11.3. The van der Waals surface area contributed by atoms with Crippen molar-refractivity contribution in [1.82, 2.24) is 9.88 Å². The summed E-state index contributed by atoms with van der Waals surface area (Å²) in [4.78, 5) is 18.6. The lowest BCUT2D eigenvalue weighted by Gasteiger charge is -2.27. The highest BCUT2D eigenvalue weighted by atomic mass is 16.2. The van der Waals surface area contributed by atoms with Crippen LogP contribution < -0.4 is 5.32 Å². The van der Waals surface area contributed by atoms with Gasteiger partial charge >= 0.3 is 0 Å². The number of hydrogen-bond acceptors (Lipinski definition) is 3. The number of nitrogens with zero attached hydrogens (tertiary/aromatic N) is 2. The summed E-state index contributed by atoms with van der Waals surface area (Å²) in [5.41, 5.74) is 1.51. The Balaban J connectivity index is 2.20. The van der Waals surface area contributed by atoms with Crippen molar-refractivity contribution < 1.29 is 4.79 Å². The van der Waals surface area contributed by atoms with Crippen LogP contribution in [-0.4, -0.2) is 35.4 Å². The third-order valence-electron chi connectivity index (χ3n) is 3.36. The van der Waals surface area contributed by atoms with Gasteiger partial charge < -0.3 is 10.2 Å². The van der Waals surface area contributed by atoms with Gasteiger partial charge in [0, 0.05) is 25.8 Å². The molecular weight excluding hydrogens is 226 g/mol. The molecule has 98 valence electrons. The van der Waals surface area contributed by atoms with E-state index in [-0.39, 0.29) is 11.9 Å². The molecule has 1 saturated carbocycles. The Morgan fingerprint density at radius 3 is 2.83 bits per heavy atom. The molecule has 1 aromatic heterocycles. The number of carbonyl (C=O) groups is 1. The summed E-state index contributed by atoms with van der Waals surface area (Å²) in [6.07, 6.45) is 5.88. The minimum absolute atomic E-state index is 0.101. The second-order valence-corrected chi connectivity index (χ2v) is 5.17. The first-order chi connectivity index (χ1) is 8.63. The average Bonchev–Trinajstić information content (AvgIpc) is 3.18. The molecular formula is C14H21N3O. The predicted octanol–water partition coefficient (Wildman–Crippen LogP) is 2.38. The van der Waals surface area contributed by atoms with Crippen LogP contribution in [0.3, 0.4) is 0 Å². The summed E-state index contributed by atoms with van der Waals surface area (Å²) in [7, 11) is 1.81. The van der Waals surface area contributed by atoms with Gasteiger partial charge in [-0.15, -0.1) is 0 Å². The van der Waals surface area contributed by atoms with Gasteiger partial charge in [-0.05, 0) is 38.7 Å². The Hall–Kier alpha value is -1.58. The summed E-state index contributed by atoms with van der Waals surface area (Å²) >= 11 is 0. The first-order valence-corrected chi connectivity index (χ1v) is 6.56. The number of anilines is 1. The molecule has 1 heterocycles. The van der Waals surface area contributed by atoms with Crippen LogP contribution in [0, 0.1) is 5.92 Å². The van der Waals surface area contributed by atoms with Crippen LogP contribution in [0.25, 0.3) is 0 Å². The maximum absolute atomic E-state index is 12.6. The molecule has 0 radical (unpaired) electrons. The summed E-state index contributed by atoms with van der Waals surface area (Å²) in [5.74, 6) is 0.805. The molecule has 1 aromatic rings. The number of pyridine rings is 1. The Morgan fingerprint density at radius 2 is 2.28 bits per heavy atom. The van der Waals surface area contributed by atoms with Gasteiger partial charge in [-0.25, -0.2) is 0 Å².